The summed E-state index contributed by atoms with van der Waals surface area (Å²) >= 11 is 6.17. The number of methoxy groups -OCH3 is 1. The molecule has 2 aromatic heterocycles. The number of esters is 1. The lowest BCUT2D eigenvalue weighted by Gasteiger charge is -2.04. The third kappa shape index (κ3) is 1.92. The SMILES string of the molecule is COC(=O)c1cccn2c(-c3ccccc3Cl)nnc12. The number of carbonyl (C=O) groups is 1. The van der Waals surface area contributed by atoms with E-state index < -0.39 is 5.97 Å². The van der Waals surface area contributed by atoms with Gasteiger partial charge in [-0.3, -0.25) is 4.40 Å². The zero-order valence-electron chi connectivity index (χ0n) is 10.6. The molecule has 0 aliphatic heterocycles. The zero-order chi connectivity index (χ0) is 14.1. The first kappa shape index (κ1) is 12.6. The van der Waals surface area contributed by atoms with E-state index in [1.165, 1.54) is 7.11 Å². The summed E-state index contributed by atoms with van der Waals surface area (Å²) in [5.74, 6) is 0.130. The average molecular weight is 288 g/mol. The minimum Gasteiger partial charge on any atom is -0.465 e. The van der Waals surface area contributed by atoms with Crippen molar-refractivity contribution in [2.24, 2.45) is 0 Å². The molecule has 3 aromatic rings. The highest BCUT2D eigenvalue weighted by atomic mass is 35.5. The standard InChI is InChI=1S/C14H10ClN3O2/c1-20-14(19)10-6-4-8-18-12(16-17-13(10)18)9-5-2-3-7-11(9)15/h2-8H,1H3. The van der Waals surface area contributed by atoms with Gasteiger partial charge in [-0.25, -0.2) is 4.79 Å². The molecule has 0 aliphatic carbocycles. The molecule has 0 radical (unpaired) electrons. The van der Waals surface area contributed by atoms with E-state index >= 15 is 0 Å². The van der Waals surface area contributed by atoms with Crippen LogP contribution in [0, 0.1) is 0 Å². The predicted molar refractivity (Wildman–Crippen MR) is 74.8 cm³/mol. The van der Waals surface area contributed by atoms with Crippen LogP contribution in [-0.2, 0) is 4.74 Å². The Balaban J connectivity index is 2.26. The Morgan fingerprint density at radius 1 is 1.20 bits per heavy atom. The van der Waals surface area contributed by atoms with Gasteiger partial charge in [0.2, 0.25) is 0 Å². The molecule has 0 bridgehead atoms. The van der Waals surface area contributed by atoms with Crippen LogP contribution in [0.5, 0.6) is 0 Å². The minimum atomic E-state index is -0.450. The fourth-order valence-electron chi connectivity index (χ4n) is 2.01. The molecule has 3 rings (SSSR count). The number of nitrogens with zero attached hydrogens (tertiary/aromatic N) is 3. The Hall–Kier alpha value is -2.40. The number of halogens is 1. The monoisotopic (exact) mass is 287 g/mol. The molecule has 20 heavy (non-hydrogen) atoms. The first-order valence-corrected chi connectivity index (χ1v) is 6.27. The Morgan fingerprint density at radius 3 is 2.75 bits per heavy atom. The fraction of sp³-hybridized carbons (Fsp3) is 0.0714. The second-order valence-electron chi connectivity index (χ2n) is 4.11. The van der Waals surface area contributed by atoms with Gasteiger partial charge >= 0.3 is 5.97 Å². The number of rotatable bonds is 2. The van der Waals surface area contributed by atoms with Crippen LogP contribution < -0.4 is 0 Å². The van der Waals surface area contributed by atoms with Gasteiger partial charge in [0.05, 0.1) is 12.1 Å². The number of fused-ring (bicyclic) bond motifs is 1. The van der Waals surface area contributed by atoms with Gasteiger partial charge in [0, 0.05) is 11.8 Å². The Kier molecular flexibility index (Phi) is 3.12. The van der Waals surface area contributed by atoms with Crippen molar-refractivity contribution in [1.29, 1.82) is 0 Å². The zero-order valence-corrected chi connectivity index (χ0v) is 11.3. The van der Waals surface area contributed by atoms with Crippen molar-refractivity contribution in [3.05, 3.63) is 53.2 Å². The van der Waals surface area contributed by atoms with E-state index in [9.17, 15) is 4.79 Å². The third-order valence-electron chi connectivity index (χ3n) is 2.95. The summed E-state index contributed by atoms with van der Waals surface area (Å²) < 4.78 is 6.45. The van der Waals surface area contributed by atoms with Crippen molar-refractivity contribution >= 4 is 23.2 Å². The van der Waals surface area contributed by atoms with Gasteiger partial charge in [-0.15, -0.1) is 10.2 Å². The summed E-state index contributed by atoms with van der Waals surface area (Å²) in [4.78, 5) is 11.7. The normalized spacial score (nSPS) is 10.7. The van der Waals surface area contributed by atoms with Gasteiger partial charge in [-0.05, 0) is 24.3 Å². The maximum atomic E-state index is 11.7. The summed E-state index contributed by atoms with van der Waals surface area (Å²) in [5, 5.41) is 8.76. The molecule has 0 spiro atoms. The first-order chi connectivity index (χ1) is 9.72. The second kappa shape index (κ2) is 4.94. The fourth-order valence-corrected chi connectivity index (χ4v) is 2.23. The Bertz CT molecular complexity index is 798. The summed E-state index contributed by atoms with van der Waals surface area (Å²) in [6, 6.07) is 10.7. The molecule has 6 heteroatoms. The number of aromatic nitrogens is 3. The van der Waals surface area contributed by atoms with Crippen LogP contribution in [0.4, 0.5) is 0 Å². The summed E-state index contributed by atoms with van der Waals surface area (Å²) in [6.07, 6.45) is 1.78. The lowest BCUT2D eigenvalue weighted by molar-refractivity contribution is 0.0602. The molecule has 0 atom stereocenters. The maximum Gasteiger partial charge on any atom is 0.341 e. The topological polar surface area (TPSA) is 56.5 Å². The molecule has 1 aromatic carbocycles. The van der Waals surface area contributed by atoms with Crippen LogP contribution in [-0.4, -0.2) is 27.7 Å². The van der Waals surface area contributed by atoms with Gasteiger partial charge < -0.3 is 4.74 Å². The summed E-state index contributed by atoms with van der Waals surface area (Å²) in [6.45, 7) is 0. The van der Waals surface area contributed by atoms with E-state index in [0.29, 0.717) is 22.1 Å². The van der Waals surface area contributed by atoms with E-state index in [1.54, 1.807) is 28.8 Å². The van der Waals surface area contributed by atoms with Crippen LogP contribution in [0.1, 0.15) is 10.4 Å². The van der Waals surface area contributed by atoms with Gasteiger partial charge in [0.25, 0.3) is 0 Å². The molecule has 0 saturated heterocycles. The molecular formula is C14H10ClN3O2. The molecule has 0 N–H and O–H groups in total. The van der Waals surface area contributed by atoms with Crippen molar-refractivity contribution in [2.75, 3.05) is 7.11 Å². The highest BCUT2D eigenvalue weighted by Gasteiger charge is 2.17. The number of hydrogen-bond acceptors (Lipinski definition) is 4. The van der Waals surface area contributed by atoms with Crippen molar-refractivity contribution in [2.45, 2.75) is 0 Å². The third-order valence-corrected chi connectivity index (χ3v) is 3.28. The molecule has 0 saturated carbocycles. The maximum absolute atomic E-state index is 11.7. The van der Waals surface area contributed by atoms with Crippen LogP contribution in [0.3, 0.4) is 0 Å². The molecular weight excluding hydrogens is 278 g/mol. The van der Waals surface area contributed by atoms with E-state index in [4.69, 9.17) is 16.3 Å². The average Bonchev–Trinajstić information content (AvgIpc) is 2.90. The quantitative estimate of drug-likeness (QED) is 0.680. The Morgan fingerprint density at radius 2 is 2.00 bits per heavy atom. The van der Waals surface area contributed by atoms with Crippen molar-refractivity contribution < 1.29 is 9.53 Å². The smallest absolute Gasteiger partial charge is 0.341 e. The van der Waals surface area contributed by atoms with Crippen LogP contribution in [0.2, 0.25) is 5.02 Å². The summed E-state index contributed by atoms with van der Waals surface area (Å²) in [5.41, 5.74) is 1.55. The highest BCUT2D eigenvalue weighted by molar-refractivity contribution is 6.33. The van der Waals surface area contributed by atoms with E-state index in [1.807, 2.05) is 18.2 Å². The molecule has 2 heterocycles. The first-order valence-electron chi connectivity index (χ1n) is 5.89. The van der Waals surface area contributed by atoms with Crippen LogP contribution in [0.15, 0.2) is 42.6 Å². The highest BCUT2D eigenvalue weighted by Crippen LogP contribution is 2.27. The number of hydrogen-bond donors (Lipinski definition) is 0. The molecule has 5 nitrogen and oxygen atoms in total. The summed E-state index contributed by atoms with van der Waals surface area (Å²) in [7, 11) is 1.33. The van der Waals surface area contributed by atoms with Crippen molar-refractivity contribution in [3.8, 4) is 11.4 Å². The van der Waals surface area contributed by atoms with E-state index in [-0.39, 0.29) is 0 Å². The molecule has 0 fully saturated rings. The van der Waals surface area contributed by atoms with Crippen molar-refractivity contribution in [1.82, 2.24) is 14.6 Å². The van der Waals surface area contributed by atoms with Gasteiger partial charge in [-0.1, -0.05) is 23.7 Å². The number of ether oxygens (including phenoxy) is 1. The molecule has 0 unspecified atom stereocenters. The van der Waals surface area contributed by atoms with Gasteiger partial charge in [-0.2, -0.15) is 0 Å². The second-order valence-corrected chi connectivity index (χ2v) is 4.52. The lowest BCUT2D eigenvalue weighted by atomic mass is 10.2. The van der Waals surface area contributed by atoms with E-state index in [0.717, 1.165) is 5.56 Å². The van der Waals surface area contributed by atoms with Crippen molar-refractivity contribution in [3.63, 3.8) is 0 Å². The van der Waals surface area contributed by atoms with Gasteiger partial charge in [0.15, 0.2) is 11.5 Å². The number of benzene rings is 1. The van der Waals surface area contributed by atoms with Gasteiger partial charge in [0.1, 0.15) is 5.56 Å². The number of pyridine rings is 1. The largest absolute Gasteiger partial charge is 0.465 e. The number of carbonyl (C=O) groups excluding carboxylic acids is 1. The Labute approximate surface area is 119 Å². The lowest BCUT2D eigenvalue weighted by Crippen LogP contribution is -2.04. The van der Waals surface area contributed by atoms with E-state index in [2.05, 4.69) is 10.2 Å². The molecule has 0 aliphatic rings. The van der Waals surface area contributed by atoms with Crippen LogP contribution in [0.25, 0.3) is 17.0 Å². The molecule has 0 amide bonds. The molecule has 100 valence electrons. The minimum absolute atomic E-state index is 0.362. The predicted octanol–water partition coefficient (Wildman–Crippen LogP) is 2.84. The van der Waals surface area contributed by atoms with Crippen LogP contribution >= 0.6 is 11.6 Å².